The zero-order chi connectivity index (χ0) is 15.0. The maximum Gasteiger partial charge on any atom is 0.225 e. The Kier molecular flexibility index (Phi) is 8.11. The second kappa shape index (κ2) is 9.32. The monoisotopic (exact) mass is 286 g/mol. The van der Waals surface area contributed by atoms with Gasteiger partial charge in [0.15, 0.2) is 0 Å². The quantitative estimate of drug-likeness (QED) is 0.682. The maximum atomic E-state index is 12.7. The topological polar surface area (TPSA) is 64.8 Å². The molecule has 5 nitrogen and oxygen atoms in total. The van der Waals surface area contributed by atoms with Crippen LogP contribution >= 0.6 is 0 Å². The minimum absolute atomic E-state index is 0.0770. The van der Waals surface area contributed by atoms with E-state index >= 15 is 0 Å². The fraction of sp³-hybridized carbons (Fsp3) is 0.933. The highest BCUT2D eigenvalue weighted by molar-refractivity contribution is 5.79. The van der Waals surface area contributed by atoms with Crippen molar-refractivity contribution in [1.29, 1.82) is 0 Å². The lowest BCUT2D eigenvalue weighted by molar-refractivity contribution is -0.138. The summed E-state index contributed by atoms with van der Waals surface area (Å²) < 4.78 is 10.2. The van der Waals surface area contributed by atoms with E-state index in [9.17, 15) is 4.79 Å². The third-order valence-corrected chi connectivity index (χ3v) is 3.98. The van der Waals surface area contributed by atoms with Crippen molar-refractivity contribution >= 4 is 5.91 Å². The molecule has 1 rings (SSSR count). The van der Waals surface area contributed by atoms with Crippen LogP contribution in [0.2, 0.25) is 0 Å². The lowest BCUT2D eigenvalue weighted by Gasteiger charge is -2.34. The average molecular weight is 286 g/mol. The fourth-order valence-corrected chi connectivity index (χ4v) is 3.05. The number of hydrogen-bond donors (Lipinski definition) is 1. The fourth-order valence-electron chi connectivity index (χ4n) is 3.05. The maximum absolute atomic E-state index is 12.7. The minimum atomic E-state index is 0.0770. The molecule has 0 aromatic heterocycles. The lowest BCUT2D eigenvalue weighted by Crippen LogP contribution is -2.44. The molecule has 3 atom stereocenters. The molecule has 0 bridgehead atoms. The van der Waals surface area contributed by atoms with Gasteiger partial charge in [-0.15, -0.1) is 0 Å². The predicted octanol–water partition coefficient (Wildman–Crippen LogP) is 1.26. The van der Waals surface area contributed by atoms with Crippen LogP contribution in [-0.2, 0) is 14.3 Å². The predicted molar refractivity (Wildman–Crippen MR) is 79.4 cm³/mol. The first-order valence-electron chi connectivity index (χ1n) is 7.60. The van der Waals surface area contributed by atoms with Crippen molar-refractivity contribution in [3.63, 3.8) is 0 Å². The molecule has 0 aromatic carbocycles. The first-order valence-corrected chi connectivity index (χ1v) is 7.60. The summed E-state index contributed by atoms with van der Waals surface area (Å²) in [5, 5.41) is 0. The second-order valence-corrected chi connectivity index (χ2v) is 5.93. The largest absolute Gasteiger partial charge is 0.385 e. The van der Waals surface area contributed by atoms with Crippen LogP contribution in [0.1, 0.15) is 32.6 Å². The number of amides is 1. The molecule has 1 aliphatic carbocycles. The zero-order valence-corrected chi connectivity index (χ0v) is 13.1. The number of rotatable bonds is 8. The molecule has 1 fully saturated rings. The third-order valence-electron chi connectivity index (χ3n) is 3.98. The summed E-state index contributed by atoms with van der Waals surface area (Å²) in [4.78, 5) is 14.6. The first kappa shape index (κ1) is 17.4. The van der Waals surface area contributed by atoms with Crippen LogP contribution in [0.5, 0.6) is 0 Å². The van der Waals surface area contributed by atoms with Crippen LogP contribution < -0.4 is 5.73 Å². The number of nitrogens with zero attached hydrogens (tertiary/aromatic N) is 1. The highest BCUT2D eigenvalue weighted by atomic mass is 16.5. The average Bonchev–Trinajstić information content (AvgIpc) is 2.41. The van der Waals surface area contributed by atoms with Gasteiger partial charge in [0.1, 0.15) is 0 Å². The van der Waals surface area contributed by atoms with E-state index in [0.29, 0.717) is 25.7 Å². The Hall–Kier alpha value is -0.650. The molecule has 0 saturated heterocycles. The van der Waals surface area contributed by atoms with Gasteiger partial charge in [-0.25, -0.2) is 0 Å². The molecule has 1 saturated carbocycles. The van der Waals surface area contributed by atoms with Crippen molar-refractivity contribution in [2.45, 2.75) is 38.6 Å². The Morgan fingerprint density at radius 3 is 2.45 bits per heavy atom. The summed E-state index contributed by atoms with van der Waals surface area (Å²) in [5.74, 6) is 0.851. The molecule has 0 spiro atoms. The normalized spacial score (nSPS) is 26.5. The highest BCUT2D eigenvalue weighted by Gasteiger charge is 2.31. The van der Waals surface area contributed by atoms with E-state index in [1.54, 1.807) is 14.2 Å². The number of ether oxygens (including phenoxy) is 2. The van der Waals surface area contributed by atoms with Gasteiger partial charge in [0.2, 0.25) is 5.91 Å². The molecule has 1 amide bonds. The van der Waals surface area contributed by atoms with Gasteiger partial charge in [0, 0.05) is 45.9 Å². The summed E-state index contributed by atoms with van der Waals surface area (Å²) in [5.41, 5.74) is 6.06. The van der Waals surface area contributed by atoms with Crippen molar-refractivity contribution < 1.29 is 14.3 Å². The van der Waals surface area contributed by atoms with Crippen molar-refractivity contribution in [1.82, 2.24) is 4.90 Å². The van der Waals surface area contributed by atoms with E-state index in [1.807, 2.05) is 4.90 Å². The SMILES string of the molecule is COCCCN(CCOC)C(=O)C1CC(C)CC(N)C1. The second-order valence-electron chi connectivity index (χ2n) is 5.93. The van der Waals surface area contributed by atoms with Crippen LogP contribution in [-0.4, -0.2) is 57.4 Å². The first-order chi connectivity index (χ1) is 9.58. The Balaban J connectivity index is 2.55. The van der Waals surface area contributed by atoms with Crippen LogP contribution in [0.4, 0.5) is 0 Å². The Morgan fingerprint density at radius 2 is 1.85 bits per heavy atom. The van der Waals surface area contributed by atoms with E-state index in [-0.39, 0.29) is 17.9 Å². The van der Waals surface area contributed by atoms with E-state index in [0.717, 1.165) is 32.2 Å². The Labute approximate surface area is 122 Å². The summed E-state index contributed by atoms with van der Waals surface area (Å²) in [6.07, 6.45) is 3.67. The molecule has 2 N–H and O–H groups in total. The summed E-state index contributed by atoms with van der Waals surface area (Å²) in [7, 11) is 3.35. The molecule has 0 aromatic rings. The number of nitrogens with two attached hydrogens (primary N) is 1. The highest BCUT2D eigenvalue weighted by Crippen LogP contribution is 2.29. The molecule has 20 heavy (non-hydrogen) atoms. The standard InChI is InChI=1S/C15H30N2O3/c1-12-9-13(11-14(16)10-12)15(18)17(6-8-20-3)5-4-7-19-2/h12-14H,4-11,16H2,1-3H3. The zero-order valence-electron chi connectivity index (χ0n) is 13.1. The van der Waals surface area contributed by atoms with Crippen LogP contribution in [0.25, 0.3) is 0 Å². The summed E-state index contributed by atoms with van der Waals surface area (Å²) >= 11 is 0. The number of methoxy groups -OCH3 is 2. The van der Waals surface area contributed by atoms with E-state index < -0.39 is 0 Å². The number of hydrogen-bond acceptors (Lipinski definition) is 4. The molecule has 0 heterocycles. The Morgan fingerprint density at radius 1 is 1.15 bits per heavy atom. The van der Waals surface area contributed by atoms with Gasteiger partial charge in [0.05, 0.1) is 6.61 Å². The smallest absolute Gasteiger partial charge is 0.225 e. The molecular weight excluding hydrogens is 256 g/mol. The van der Waals surface area contributed by atoms with Crippen LogP contribution in [0, 0.1) is 11.8 Å². The summed E-state index contributed by atoms with van der Waals surface area (Å²) in [6.45, 7) is 4.82. The number of carbonyl (C=O) groups excluding carboxylic acids is 1. The van der Waals surface area contributed by atoms with Crippen molar-refractivity contribution in [2.75, 3.05) is 40.5 Å². The van der Waals surface area contributed by atoms with Gasteiger partial charge < -0.3 is 20.1 Å². The van der Waals surface area contributed by atoms with Gasteiger partial charge in [-0.2, -0.15) is 0 Å². The number of carbonyl (C=O) groups is 1. The van der Waals surface area contributed by atoms with E-state index in [1.165, 1.54) is 0 Å². The molecule has 3 unspecified atom stereocenters. The molecular formula is C15H30N2O3. The van der Waals surface area contributed by atoms with Gasteiger partial charge >= 0.3 is 0 Å². The van der Waals surface area contributed by atoms with E-state index in [2.05, 4.69) is 6.92 Å². The van der Waals surface area contributed by atoms with Crippen molar-refractivity contribution in [2.24, 2.45) is 17.6 Å². The van der Waals surface area contributed by atoms with Gasteiger partial charge in [-0.3, -0.25) is 4.79 Å². The Bertz CT molecular complexity index is 276. The third kappa shape index (κ3) is 5.77. The lowest BCUT2D eigenvalue weighted by atomic mass is 9.79. The molecule has 118 valence electrons. The minimum Gasteiger partial charge on any atom is -0.385 e. The molecule has 5 heteroatoms. The van der Waals surface area contributed by atoms with Crippen LogP contribution in [0.3, 0.4) is 0 Å². The van der Waals surface area contributed by atoms with Gasteiger partial charge in [-0.05, 0) is 31.6 Å². The molecule has 0 aliphatic heterocycles. The van der Waals surface area contributed by atoms with Crippen molar-refractivity contribution in [3.8, 4) is 0 Å². The summed E-state index contributed by atoms with van der Waals surface area (Å²) in [6, 6.07) is 0.163. The van der Waals surface area contributed by atoms with E-state index in [4.69, 9.17) is 15.2 Å². The van der Waals surface area contributed by atoms with Gasteiger partial charge in [-0.1, -0.05) is 6.92 Å². The molecule has 1 aliphatic rings. The van der Waals surface area contributed by atoms with Crippen molar-refractivity contribution in [3.05, 3.63) is 0 Å². The van der Waals surface area contributed by atoms with Crippen LogP contribution in [0.15, 0.2) is 0 Å². The molecule has 0 radical (unpaired) electrons. The van der Waals surface area contributed by atoms with Gasteiger partial charge in [0.25, 0.3) is 0 Å².